The molecule has 0 amide bonds. The minimum Gasteiger partial charge on any atom is -0.398 e. The van der Waals surface area contributed by atoms with Crippen molar-refractivity contribution in [1.29, 1.82) is 0 Å². The lowest BCUT2D eigenvalue weighted by molar-refractivity contribution is 1.31. The summed E-state index contributed by atoms with van der Waals surface area (Å²) >= 11 is 5.16. The summed E-state index contributed by atoms with van der Waals surface area (Å²) in [5.41, 5.74) is 9.01. The molecule has 0 aliphatic carbocycles. The smallest absolute Gasteiger partial charge is 0.0588 e. The van der Waals surface area contributed by atoms with Gasteiger partial charge >= 0.3 is 0 Å². The first-order valence-electron chi connectivity index (χ1n) is 4.87. The van der Waals surface area contributed by atoms with E-state index >= 15 is 0 Å². The molecule has 1 aliphatic heterocycles. The Kier molecular flexibility index (Phi) is 2.33. The quantitative estimate of drug-likeness (QED) is 0.609. The highest BCUT2D eigenvalue weighted by molar-refractivity contribution is 9.10. The van der Waals surface area contributed by atoms with E-state index in [1.807, 2.05) is 18.2 Å². The summed E-state index contributed by atoms with van der Waals surface area (Å²) in [6.45, 7) is 0. The minimum atomic E-state index is 0.802. The zero-order valence-corrected chi connectivity index (χ0v) is 10.7. The standard InChI is InChI=1S/C12H9BrN2S/c13-7-5-8(14)12-10(6-7)15-9-3-1-2-4-11(9)16-12/h1-6,15H,14H2. The second kappa shape index (κ2) is 3.71. The van der Waals surface area contributed by atoms with Gasteiger partial charge in [-0.05, 0) is 24.3 Å². The average Bonchev–Trinajstić information content (AvgIpc) is 2.27. The van der Waals surface area contributed by atoms with Crippen LogP contribution in [0.15, 0.2) is 50.7 Å². The molecule has 0 saturated carbocycles. The van der Waals surface area contributed by atoms with Crippen LogP contribution in [0.25, 0.3) is 0 Å². The maximum Gasteiger partial charge on any atom is 0.0588 e. The number of benzene rings is 2. The highest BCUT2D eigenvalue weighted by Gasteiger charge is 2.17. The summed E-state index contributed by atoms with van der Waals surface area (Å²) in [5, 5.41) is 3.39. The Morgan fingerprint density at radius 2 is 1.94 bits per heavy atom. The number of halogens is 1. The summed E-state index contributed by atoms with van der Waals surface area (Å²) in [7, 11) is 0. The van der Waals surface area contributed by atoms with Crippen molar-refractivity contribution >= 4 is 44.8 Å². The van der Waals surface area contributed by atoms with Gasteiger partial charge < -0.3 is 11.1 Å². The first-order chi connectivity index (χ1) is 7.74. The third-order valence-corrected chi connectivity index (χ3v) is 4.14. The van der Waals surface area contributed by atoms with Gasteiger partial charge in [0, 0.05) is 15.1 Å². The Hall–Kier alpha value is -1.13. The lowest BCUT2D eigenvalue weighted by atomic mass is 10.2. The molecule has 80 valence electrons. The van der Waals surface area contributed by atoms with Crippen LogP contribution in [-0.2, 0) is 0 Å². The molecular weight excluding hydrogens is 284 g/mol. The molecule has 2 nitrogen and oxygen atoms in total. The predicted molar refractivity (Wildman–Crippen MR) is 72.4 cm³/mol. The maximum absolute atomic E-state index is 6.01. The van der Waals surface area contributed by atoms with E-state index in [1.54, 1.807) is 11.8 Å². The Bertz CT molecular complexity index is 569. The zero-order chi connectivity index (χ0) is 11.1. The molecule has 2 aromatic rings. The summed E-state index contributed by atoms with van der Waals surface area (Å²) in [6, 6.07) is 12.2. The van der Waals surface area contributed by atoms with E-state index in [9.17, 15) is 0 Å². The van der Waals surface area contributed by atoms with Crippen LogP contribution in [0.4, 0.5) is 17.1 Å². The molecule has 0 saturated heterocycles. The molecule has 2 aromatic carbocycles. The van der Waals surface area contributed by atoms with Gasteiger partial charge in [0.1, 0.15) is 0 Å². The Balaban J connectivity index is 2.15. The molecule has 1 aliphatic rings. The van der Waals surface area contributed by atoms with Gasteiger partial charge in [0.25, 0.3) is 0 Å². The van der Waals surface area contributed by atoms with E-state index in [4.69, 9.17) is 5.73 Å². The van der Waals surface area contributed by atoms with Gasteiger partial charge in [0.05, 0.1) is 16.3 Å². The normalized spacial score (nSPS) is 12.6. The Morgan fingerprint density at radius 3 is 2.81 bits per heavy atom. The number of nitrogens with two attached hydrogens (primary N) is 1. The molecule has 4 heteroatoms. The number of anilines is 3. The first-order valence-corrected chi connectivity index (χ1v) is 6.48. The number of para-hydroxylation sites is 1. The summed E-state index contributed by atoms with van der Waals surface area (Å²) in [5.74, 6) is 0. The lowest BCUT2D eigenvalue weighted by Crippen LogP contribution is -2.02. The average molecular weight is 293 g/mol. The van der Waals surface area contributed by atoms with Crippen LogP contribution in [-0.4, -0.2) is 0 Å². The molecule has 16 heavy (non-hydrogen) atoms. The molecule has 3 N–H and O–H groups in total. The van der Waals surface area contributed by atoms with Crippen LogP contribution >= 0.6 is 27.7 Å². The van der Waals surface area contributed by atoms with Gasteiger partial charge in [-0.3, -0.25) is 0 Å². The van der Waals surface area contributed by atoms with Gasteiger partial charge in [-0.1, -0.05) is 39.8 Å². The molecule has 0 spiro atoms. The number of hydrogen-bond donors (Lipinski definition) is 2. The molecule has 0 bridgehead atoms. The van der Waals surface area contributed by atoms with Crippen LogP contribution < -0.4 is 11.1 Å². The van der Waals surface area contributed by atoms with Crippen molar-refractivity contribution in [2.45, 2.75) is 9.79 Å². The van der Waals surface area contributed by atoms with Gasteiger partial charge in [0.15, 0.2) is 0 Å². The van der Waals surface area contributed by atoms with E-state index in [0.717, 1.165) is 26.4 Å². The fourth-order valence-corrected chi connectivity index (χ4v) is 3.20. The number of rotatable bonds is 0. The number of fused-ring (bicyclic) bond motifs is 2. The van der Waals surface area contributed by atoms with Crippen molar-refractivity contribution in [2.24, 2.45) is 0 Å². The predicted octanol–water partition coefficient (Wildman–Crippen LogP) is 4.24. The molecule has 3 rings (SSSR count). The third kappa shape index (κ3) is 1.58. The molecule has 0 fully saturated rings. The van der Waals surface area contributed by atoms with E-state index in [-0.39, 0.29) is 0 Å². The zero-order valence-electron chi connectivity index (χ0n) is 8.33. The van der Waals surface area contributed by atoms with Crippen LogP contribution in [0.5, 0.6) is 0 Å². The monoisotopic (exact) mass is 292 g/mol. The second-order valence-electron chi connectivity index (χ2n) is 3.59. The van der Waals surface area contributed by atoms with Crippen molar-refractivity contribution in [3.8, 4) is 0 Å². The van der Waals surface area contributed by atoms with Crippen molar-refractivity contribution in [2.75, 3.05) is 11.1 Å². The number of nitrogen functional groups attached to an aromatic ring is 1. The molecule has 0 atom stereocenters. The number of hydrogen-bond acceptors (Lipinski definition) is 3. The van der Waals surface area contributed by atoms with Gasteiger partial charge in [-0.25, -0.2) is 0 Å². The first kappa shape index (κ1) is 10.1. The van der Waals surface area contributed by atoms with E-state index in [2.05, 4.69) is 39.4 Å². The molecule has 0 unspecified atom stereocenters. The highest BCUT2D eigenvalue weighted by atomic mass is 79.9. The second-order valence-corrected chi connectivity index (χ2v) is 5.56. The molecule has 1 heterocycles. The Morgan fingerprint density at radius 1 is 1.12 bits per heavy atom. The highest BCUT2D eigenvalue weighted by Crippen LogP contribution is 2.47. The van der Waals surface area contributed by atoms with Gasteiger partial charge in [-0.15, -0.1) is 0 Å². The van der Waals surface area contributed by atoms with Gasteiger partial charge in [-0.2, -0.15) is 0 Å². The summed E-state index contributed by atoms with van der Waals surface area (Å²) < 4.78 is 0.997. The van der Waals surface area contributed by atoms with Crippen LogP contribution in [0.1, 0.15) is 0 Å². The lowest BCUT2D eigenvalue weighted by Gasteiger charge is -2.22. The third-order valence-electron chi connectivity index (χ3n) is 2.45. The fourth-order valence-electron chi connectivity index (χ4n) is 1.74. The molecule has 0 radical (unpaired) electrons. The number of nitrogens with one attached hydrogen (secondary N) is 1. The largest absolute Gasteiger partial charge is 0.398 e. The van der Waals surface area contributed by atoms with Crippen LogP contribution in [0.2, 0.25) is 0 Å². The SMILES string of the molecule is Nc1cc(Br)cc2c1Sc1ccccc1N2. The van der Waals surface area contributed by atoms with Crippen LogP contribution in [0, 0.1) is 0 Å². The minimum absolute atomic E-state index is 0.802. The fraction of sp³-hybridized carbons (Fsp3) is 0. The van der Waals surface area contributed by atoms with E-state index in [0.29, 0.717) is 0 Å². The van der Waals surface area contributed by atoms with Crippen molar-refractivity contribution in [3.63, 3.8) is 0 Å². The van der Waals surface area contributed by atoms with Crippen molar-refractivity contribution in [1.82, 2.24) is 0 Å². The van der Waals surface area contributed by atoms with Crippen molar-refractivity contribution < 1.29 is 0 Å². The summed E-state index contributed by atoms with van der Waals surface area (Å²) in [6.07, 6.45) is 0. The van der Waals surface area contributed by atoms with Gasteiger partial charge in [0.2, 0.25) is 0 Å². The summed E-state index contributed by atoms with van der Waals surface area (Å²) in [4.78, 5) is 2.31. The Labute approximate surface area is 106 Å². The van der Waals surface area contributed by atoms with E-state index in [1.165, 1.54) is 4.90 Å². The van der Waals surface area contributed by atoms with E-state index < -0.39 is 0 Å². The topological polar surface area (TPSA) is 38.0 Å². The van der Waals surface area contributed by atoms with Crippen LogP contribution in [0.3, 0.4) is 0 Å². The molecular formula is C12H9BrN2S. The van der Waals surface area contributed by atoms with Crippen molar-refractivity contribution in [3.05, 3.63) is 40.9 Å². The maximum atomic E-state index is 6.01. The molecule has 0 aromatic heterocycles.